The van der Waals surface area contributed by atoms with Crippen molar-refractivity contribution < 1.29 is 0 Å². The van der Waals surface area contributed by atoms with E-state index in [0.29, 0.717) is 0 Å². The normalized spacial score (nSPS) is 12.1. The molecule has 40 heavy (non-hydrogen) atoms. The van der Waals surface area contributed by atoms with Gasteiger partial charge in [-0.1, -0.05) is 84.9 Å². The molecular weight excluding hydrogens is 488 g/mol. The molecule has 3 heterocycles. The number of benzene rings is 6. The Labute approximate surface area is 229 Å². The fourth-order valence-corrected chi connectivity index (χ4v) is 6.72. The summed E-state index contributed by atoms with van der Waals surface area (Å²) < 4.78 is 6.98. The highest BCUT2D eigenvalue weighted by Crippen LogP contribution is 2.43. The Balaban J connectivity index is 1.55. The molecule has 9 aromatic rings. The summed E-state index contributed by atoms with van der Waals surface area (Å²) in [5.74, 6) is 0.916. The van der Waals surface area contributed by atoms with Gasteiger partial charge >= 0.3 is 0 Å². The lowest BCUT2D eigenvalue weighted by Gasteiger charge is -2.10. The first-order valence-corrected chi connectivity index (χ1v) is 13.6. The summed E-state index contributed by atoms with van der Waals surface area (Å²) in [6.07, 6.45) is 0. The Bertz CT molecular complexity index is 2440. The van der Waals surface area contributed by atoms with Gasteiger partial charge in [0, 0.05) is 34.3 Å². The van der Waals surface area contributed by atoms with Gasteiger partial charge in [-0.15, -0.1) is 0 Å². The number of aryl methyl sites for hydroxylation is 1. The van der Waals surface area contributed by atoms with Crippen LogP contribution in [0.1, 0.15) is 0 Å². The fraction of sp³-hybridized carbons (Fsp3) is 0.0278. The molecule has 188 valence electrons. The van der Waals surface area contributed by atoms with Crippen LogP contribution in [-0.2, 0) is 7.05 Å². The Morgan fingerprint density at radius 1 is 0.475 bits per heavy atom. The number of fused-ring (bicyclic) bond motifs is 10. The molecule has 0 aliphatic heterocycles. The van der Waals surface area contributed by atoms with Crippen molar-refractivity contribution in [1.29, 1.82) is 0 Å². The van der Waals surface area contributed by atoms with Gasteiger partial charge in [0.15, 0.2) is 0 Å². The topological polar surface area (TPSA) is 27.7 Å². The largest absolute Gasteiger partial charge is 0.313 e. The summed E-state index contributed by atoms with van der Waals surface area (Å²) in [6, 6.07) is 45.7. The average Bonchev–Trinajstić information content (AvgIpc) is 3.64. The lowest BCUT2D eigenvalue weighted by Crippen LogP contribution is -2.03. The number of hydrogen-bond donors (Lipinski definition) is 0. The van der Waals surface area contributed by atoms with Crippen molar-refractivity contribution in [2.45, 2.75) is 0 Å². The van der Waals surface area contributed by atoms with E-state index in [9.17, 15) is 0 Å². The zero-order chi connectivity index (χ0) is 26.4. The Morgan fingerprint density at radius 2 is 1.15 bits per heavy atom. The third-order valence-corrected chi connectivity index (χ3v) is 8.43. The van der Waals surface area contributed by atoms with Crippen LogP contribution in [0.25, 0.3) is 77.1 Å². The summed E-state index contributed by atoms with van der Waals surface area (Å²) in [5.41, 5.74) is 8.02. The van der Waals surface area contributed by atoms with Gasteiger partial charge in [-0.2, -0.15) is 0 Å². The minimum absolute atomic E-state index is 0.916. The van der Waals surface area contributed by atoms with E-state index in [0.717, 1.165) is 33.7 Å². The summed E-state index contributed by atoms with van der Waals surface area (Å²) in [6.45, 7) is 0. The van der Waals surface area contributed by atoms with Gasteiger partial charge in [0.05, 0.1) is 33.1 Å². The molecule has 0 aliphatic rings. The Morgan fingerprint density at radius 3 is 2.00 bits per heavy atom. The van der Waals surface area contributed by atoms with E-state index >= 15 is 0 Å². The van der Waals surface area contributed by atoms with Crippen molar-refractivity contribution in [2.24, 2.45) is 7.05 Å². The monoisotopic (exact) mass is 512 g/mol. The van der Waals surface area contributed by atoms with E-state index in [1.54, 1.807) is 0 Å². The van der Waals surface area contributed by atoms with Gasteiger partial charge in [0.2, 0.25) is 5.95 Å². The number of rotatable bonds is 2. The molecule has 4 nitrogen and oxygen atoms in total. The minimum atomic E-state index is 0.916. The summed E-state index contributed by atoms with van der Waals surface area (Å²) in [7, 11) is 2.11. The predicted octanol–water partition coefficient (Wildman–Crippen LogP) is 8.92. The molecule has 0 radical (unpaired) electrons. The molecule has 4 heteroatoms. The summed E-state index contributed by atoms with van der Waals surface area (Å²) >= 11 is 0. The quantitative estimate of drug-likeness (QED) is 0.227. The Kier molecular flexibility index (Phi) is 4.23. The Hall–Kier alpha value is -5.35. The molecule has 0 saturated heterocycles. The van der Waals surface area contributed by atoms with Gasteiger partial charge in [0.25, 0.3) is 0 Å². The number of aromatic nitrogens is 4. The van der Waals surface area contributed by atoms with Gasteiger partial charge < -0.3 is 9.13 Å². The SMILES string of the molecule is Cn1c(-n2c3ccccc3c3c2ccc2c4c5ccccc5ccc4n(-c4ccccc4)c23)nc2ccccc21. The maximum atomic E-state index is 5.12. The van der Waals surface area contributed by atoms with Gasteiger partial charge in [0.1, 0.15) is 0 Å². The number of para-hydroxylation sites is 4. The molecule has 0 saturated carbocycles. The lowest BCUT2D eigenvalue weighted by atomic mass is 10.0. The third kappa shape index (κ3) is 2.72. The van der Waals surface area contributed by atoms with Crippen molar-refractivity contribution in [1.82, 2.24) is 18.7 Å². The van der Waals surface area contributed by atoms with Crippen LogP contribution in [0.5, 0.6) is 0 Å². The molecule has 0 fully saturated rings. The fourth-order valence-electron chi connectivity index (χ4n) is 6.72. The number of imidazole rings is 1. The highest BCUT2D eigenvalue weighted by Gasteiger charge is 2.23. The molecule has 0 spiro atoms. The first-order valence-electron chi connectivity index (χ1n) is 13.6. The molecule has 9 rings (SSSR count). The van der Waals surface area contributed by atoms with E-state index in [4.69, 9.17) is 4.98 Å². The summed E-state index contributed by atoms with van der Waals surface area (Å²) in [5, 5.41) is 7.54. The lowest BCUT2D eigenvalue weighted by molar-refractivity contribution is 0.870. The molecule has 0 atom stereocenters. The number of hydrogen-bond acceptors (Lipinski definition) is 1. The van der Waals surface area contributed by atoms with E-state index in [1.165, 1.54) is 43.4 Å². The summed E-state index contributed by atoms with van der Waals surface area (Å²) in [4.78, 5) is 5.12. The first-order chi connectivity index (χ1) is 19.8. The number of nitrogens with zero attached hydrogens (tertiary/aromatic N) is 4. The zero-order valence-corrected chi connectivity index (χ0v) is 21.9. The molecule has 0 aliphatic carbocycles. The van der Waals surface area contributed by atoms with Crippen LogP contribution < -0.4 is 0 Å². The maximum absolute atomic E-state index is 5.12. The molecule has 3 aromatic heterocycles. The highest BCUT2D eigenvalue weighted by atomic mass is 15.2. The maximum Gasteiger partial charge on any atom is 0.215 e. The van der Waals surface area contributed by atoms with Crippen LogP contribution >= 0.6 is 0 Å². The van der Waals surface area contributed by atoms with Crippen molar-refractivity contribution in [3.63, 3.8) is 0 Å². The second kappa shape index (κ2) is 7.84. The molecular formula is C36H24N4. The molecule has 0 bridgehead atoms. The molecule has 0 N–H and O–H groups in total. The first kappa shape index (κ1) is 21.6. The van der Waals surface area contributed by atoms with Crippen LogP contribution in [0.3, 0.4) is 0 Å². The van der Waals surface area contributed by atoms with E-state index in [1.807, 2.05) is 0 Å². The molecule has 0 amide bonds. The average molecular weight is 513 g/mol. The van der Waals surface area contributed by atoms with Crippen molar-refractivity contribution in [3.05, 3.63) is 127 Å². The standard InChI is InChI=1S/C36H24N4/c1-38-30-18-10-8-16-28(30)37-36(38)40-29-17-9-7-15-26(29)34-32(40)22-20-27-33-25-14-6-5-11-23(25)19-21-31(33)39(35(27)34)24-12-3-2-4-13-24/h2-22H,1H3. The van der Waals surface area contributed by atoms with Gasteiger partial charge in [-0.3, -0.25) is 4.57 Å². The smallest absolute Gasteiger partial charge is 0.215 e. The van der Waals surface area contributed by atoms with E-state index in [2.05, 4.69) is 148 Å². The van der Waals surface area contributed by atoms with E-state index in [-0.39, 0.29) is 0 Å². The van der Waals surface area contributed by atoms with Crippen LogP contribution in [0, 0.1) is 0 Å². The van der Waals surface area contributed by atoms with Gasteiger partial charge in [-0.25, -0.2) is 4.98 Å². The van der Waals surface area contributed by atoms with Crippen molar-refractivity contribution in [3.8, 4) is 11.6 Å². The van der Waals surface area contributed by atoms with E-state index < -0.39 is 0 Å². The van der Waals surface area contributed by atoms with Crippen LogP contribution in [0.15, 0.2) is 127 Å². The van der Waals surface area contributed by atoms with Crippen LogP contribution in [0.2, 0.25) is 0 Å². The molecule has 6 aromatic carbocycles. The molecule has 0 unspecified atom stereocenters. The predicted molar refractivity (Wildman–Crippen MR) is 167 cm³/mol. The minimum Gasteiger partial charge on any atom is -0.313 e. The van der Waals surface area contributed by atoms with Gasteiger partial charge in [-0.05, 0) is 53.2 Å². The van der Waals surface area contributed by atoms with Crippen molar-refractivity contribution in [2.75, 3.05) is 0 Å². The zero-order valence-electron chi connectivity index (χ0n) is 21.9. The second-order valence-corrected chi connectivity index (χ2v) is 10.5. The van der Waals surface area contributed by atoms with Crippen LogP contribution in [0.4, 0.5) is 0 Å². The highest BCUT2D eigenvalue weighted by molar-refractivity contribution is 6.30. The van der Waals surface area contributed by atoms with Crippen molar-refractivity contribution >= 4 is 65.4 Å². The third-order valence-electron chi connectivity index (χ3n) is 8.43. The second-order valence-electron chi connectivity index (χ2n) is 10.5. The van der Waals surface area contributed by atoms with Crippen LogP contribution in [-0.4, -0.2) is 18.7 Å².